The molecule has 2 N–H and O–H groups in total. The van der Waals surface area contributed by atoms with Crippen molar-refractivity contribution >= 4 is 29.3 Å². The smallest absolute Gasteiger partial charge is 0.408 e. The van der Waals surface area contributed by atoms with Gasteiger partial charge >= 0.3 is 6.09 Å². The van der Waals surface area contributed by atoms with Gasteiger partial charge < -0.3 is 19.9 Å². The first-order valence-corrected chi connectivity index (χ1v) is 16.5. The summed E-state index contributed by atoms with van der Waals surface area (Å²) in [6.45, 7) is 9.72. The highest BCUT2D eigenvalue weighted by molar-refractivity contribution is 5.91. The normalized spacial score (nSPS) is 15.9. The van der Waals surface area contributed by atoms with E-state index in [9.17, 15) is 14.4 Å². The fraction of sp³-hybridized carbons (Fsp3) is 0.421. The zero-order chi connectivity index (χ0) is 33.7. The Bertz CT molecular complexity index is 1670. The maximum absolute atomic E-state index is 13.8. The number of fused-ring (bicyclic) bond motifs is 1. The molecule has 3 aromatic carbocycles. The van der Waals surface area contributed by atoms with Crippen molar-refractivity contribution in [1.29, 1.82) is 0 Å². The van der Waals surface area contributed by atoms with Crippen molar-refractivity contribution in [1.82, 2.24) is 25.1 Å². The number of benzene rings is 3. The third-order valence-electron chi connectivity index (χ3n) is 8.79. The fourth-order valence-electron chi connectivity index (χ4n) is 6.37. The van der Waals surface area contributed by atoms with Crippen LogP contribution in [-0.4, -0.2) is 62.6 Å². The highest BCUT2D eigenvalue weighted by atomic mass is 16.6. The summed E-state index contributed by atoms with van der Waals surface area (Å²) < 4.78 is 7.75. The summed E-state index contributed by atoms with van der Waals surface area (Å²) in [6.07, 6.45) is 3.60. The van der Waals surface area contributed by atoms with Crippen LogP contribution in [0.5, 0.6) is 0 Å². The molecule has 1 unspecified atom stereocenters. The van der Waals surface area contributed by atoms with Crippen molar-refractivity contribution in [3.8, 4) is 11.4 Å². The lowest BCUT2D eigenvalue weighted by atomic mass is 9.93. The predicted molar refractivity (Wildman–Crippen MR) is 185 cm³/mol. The summed E-state index contributed by atoms with van der Waals surface area (Å²) in [5.74, 6) is 0.474. The zero-order valence-electron chi connectivity index (χ0n) is 28.2. The molecule has 2 amide bonds. The highest BCUT2D eigenvalue weighted by Gasteiger charge is 2.43. The van der Waals surface area contributed by atoms with Crippen LogP contribution in [0.4, 0.5) is 4.79 Å². The number of likely N-dealkylation sites (tertiary alicyclic amines) is 1. The van der Waals surface area contributed by atoms with Gasteiger partial charge in [-0.1, -0.05) is 72.8 Å². The minimum Gasteiger partial charge on any atom is -0.444 e. The number of para-hydroxylation sites is 2. The Morgan fingerprint density at radius 2 is 1.49 bits per heavy atom. The van der Waals surface area contributed by atoms with E-state index in [0.29, 0.717) is 25.9 Å². The lowest BCUT2D eigenvalue weighted by molar-refractivity contribution is -0.138. The van der Waals surface area contributed by atoms with Gasteiger partial charge in [-0.05, 0) is 84.4 Å². The number of imidazole rings is 1. The van der Waals surface area contributed by atoms with E-state index in [-0.39, 0.29) is 6.04 Å². The van der Waals surface area contributed by atoms with Gasteiger partial charge in [0, 0.05) is 24.7 Å². The summed E-state index contributed by atoms with van der Waals surface area (Å²) in [5, 5.41) is 5.78. The molecule has 2 heterocycles. The highest BCUT2D eigenvalue weighted by Crippen LogP contribution is 2.35. The van der Waals surface area contributed by atoms with Gasteiger partial charge in [0.2, 0.25) is 5.91 Å². The van der Waals surface area contributed by atoms with E-state index in [1.54, 1.807) is 34.6 Å². The molecule has 5 rings (SSSR count). The molecule has 47 heavy (non-hydrogen) atoms. The van der Waals surface area contributed by atoms with Gasteiger partial charge in [0.15, 0.2) is 11.9 Å². The molecule has 1 aliphatic heterocycles. The summed E-state index contributed by atoms with van der Waals surface area (Å²) in [6, 6.07) is 28.7. The van der Waals surface area contributed by atoms with Crippen molar-refractivity contribution in [3.05, 3.63) is 90.5 Å². The number of nitrogens with zero attached hydrogens (tertiary/aromatic N) is 3. The number of alkyl carbamates (subject to hydrolysis) is 1. The second-order valence-electron chi connectivity index (χ2n) is 14.0. The first-order valence-electron chi connectivity index (χ1n) is 16.5. The van der Waals surface area contributed by atoms with Gasteiger partial charge in [-0.25, -0.2) is 9.78 Å². The first-order chi connectivity index (χ1) is 22.4. The zero-order valence-corrected chi connectivity index (χ0v) is 28.2. The molecule has 1 atom stereocenters. The first kappa shape index (κ1) is 33.9. The number of rotatable bonds is 11. The van der Waals surface area contributed by atoms with E-state index in [1.807, 2.05) is 54.6 Å². The molecular weight excluding hydrogens is 590 g/mol. The number of carbonyl (C=O) groups is 3. The van der Waals surface area contributed by atoms with Crippen LogP contribution in [-0.2, 0) is 20.7 Å². The number of carbonyl (C=O) groups excluding carboxylic acids is 3. The van der Waals surface area contributed by atoms with Crippen LogP contribution >= 0.6 is 0 Å². The van der Waals surface area contributed by atoms with Gasteiger partial charge in [-0.3, -0.25) is 14.5 Å². The van der Waals surface area contributed by atoms with Crippen LogP contribution < -0.4 is 10.6 Å². The predicted octanol–water partition coefficient (Wildman–Crippen LogP) is 6.68. The lowest BCUT2D eigenvalue weighted by Gasteiger charge is -2.45. The van der Waals surface area contributed by atoms with E-state index in [2.05, 4.69) is 50.4 Å². The Labute approximate surface area is 277 Å². The van der Waals surface area contributed by atoms with Crippen molar-refractivity contribution in [2.24, 2.45) is 0 Å². The molecule has 1 aromatic heterocycles. The van der Waals surface area contributed by atoms with Crippen LogP contribution in [0.2, 0.25) is 0 Å². The molecule has 0 radical (unpaired) electrons. The van der Waals surface area contributed by atoms with Crippen LogP contribution in [0, 0.1) is 0 Å². The second-order valence-corrected chi connectivity index (χ2v) is 14.0. The van der Waals surface area contributed by atoms with E-state index in [4.69, 9.17) is 9.72 Å². The van der Waals surface area contributed by atoms with Gasteiger partial charge in [0.05, 0.1) is 11.0 Å². The van der Waals surface area contributed by atoms with E-state index < -0.39 is 28.8 Å². The molecule has 0 spiro atoms. The molecule has 1 saturated heterocycles. The SMILES string of the molecule is CC(C)(C)OC(=O)NC(C)(C)C(=O)NC(C=O)(CCCc1ccccc1)N1CCC(n2c(-c3ccccc3)nc3ccccc32)CC1. The van der Waals surface area contributed by atoms with Gasteiger partial charge in [0.1, 0.15) is 17.0 Å². The Kier molecular flexibility index (Phi) is 10.2. The van der Waals surface area contributed by atoms with E-state index in [1.165, 1.54) is 5.56 Å². The van der Waals surface area contributed by atoms with Crippen LogP contribution in [0.25, 0.3) is 22.4 Å². The average molecular weight is 638 g/mol. The molecule has 0 saturated carbocycles. The number of aryl methyl sites for hydroxylation is 1. The fourth-order valence-corrected chi connectivity index (χ4v) is 6.37. The van der Waals surface area contributed by atoms with Crippen LogP contribution in [0.3, 0.4) is 0 Å². The molecule has 1 aliphatic rings. The number of aldehydes is 1. The number of piperidine rings is 1. The quantitative estimate of drug-likeness (QED) is 0.178. The monoisotopic (exact) mass is 637 g/mol. The topological polar surface area (TPSA) is 106 Å². The molecule has 248 valence electrons. The largest absolute Gasteiger partial charge is 0.444 e. The Morgan fingerprint density at radius 3 is 2.13 bits per heavy atom. The van der Waals surface area contributed by atoms with Crippen molar-refractivity contribution in [2.45, 2.75) is 89.6 Å². The van der Waals surface area contributed by atoms with Crippen molar-refractivity contribution < 1.29 is 19.1 Å². The number of nitrogens with one attached hydrogen (secondary N) is 2. The third kappa shape index (κ3) is 8.08. The van der Waals surface area contributed by atoms with Gasteiger partial charge in [0.25, 0.3) is 0 Å². The number of amides is 2. The Balaban J connectivity index is 1.38. The van der Waals surface area contributed by atoms with Gasteiger partial charge in [-0.2, -0.15) is 0 Å². The summed E-state index contributed by atoms with van der Waals surface area (Å²) in [5.41, 5.74) is 0.969. The average Bonchev–Trinajstić information content (AvgIpc) is 3.44. The molecule has 0 bridgehead atoms. The van der Waals surface area contributed by atoms with Crippen LogP contribution in [0.15, 0.2) is 84.9 Å². The molecule has 1 fully saturated rings. The van der Waals surface area contributed by atoms with Crippen molar-refractivity contribution in [3.63, 3.8) is 0 Å². The number of hydrogen-bond acceptors (Lipinski definition) is 6. The van der Waals surface area contributed by atoms with E-state index in [0.717, 1.165) is 48.0 Å². The Morgan fingerprint density at radius 1 is 0.872 bits per heavy atom. The number of aromatic nitrogens is 2. The Hall–Kier alpha value is -4.50. The minimum absolute atomic E-state index is 0.156. The summed E-state index contributed by atoms with van der Waals surface area (Å²) >= 11 is 0. The van der Waals surface area contributed by atoms with E-state index >= 15 is 0 Å². The summed E-state index contributed by atoms with van der Waals surface area (Å²) in [7, 11) is 0. The van der Waals surface area contributed by atoms with Crippen LogP contribution in [0.1, 0.15) is 71.9 Å². The minimum atomic E-state index is -1.32. The second kappa shape index (κ2) is 14.1. The number of ether oxygens (including phenoxy) is 1. The summed E-state index contributed by atoms with van der Waals surface area (Å²) in [4.78, 5) is 46.7. The molecule has 9 nitrogen and oxygen atoms in total. The molecule has 4 aromatic rings. The molecule has 0 aliphatic carbocycles. The maximum Gasteiger partial charge on any atom is 0.408 e. The molecule has 9 heteroatoms. The number of hydrogen-bond donors (Lipinski definition) is 2. The lowest BCUT2D eigenvalue weighted by Crippen LogP contribution is -2.68. The third-order valence-corrected chi connectivity index (χ3v) is 8.79. The maximum atomic E-state index is 13.8. The van der Waals surface area contributed by atoms with Gasteiger partial charge in [-0.15, -0.1) is 0 Å². The molecular formula is C38H47N5O4. The van der Waals surface area contributed by atoms with Crippen molar-refractivity contribution in [2.75, 3.05) is 13.1 Å². The standard InChI is InChI=1S/C38H47N5O4/c1-36(2,3)47-35(46)41-37(4,5)34(45)40-38(27-44,24-14-17-28-15-8-6-9-16-28)42-25-22-30(23-26-42)43-32-21-13-12-20-31(32)39-33(43)29-18-10-7-11-19-29/h6-13,15-16,18-21,27,30H,14,17,22-26H2,1-5H3,(H,40,45)(H,41,46).